The summed E-state index contributed by atoms with van der Waals surface area (Å²) in [4.78, 5) is 14.6. The molecule has 1 N–H and O–H groups in total. The van der Waals surface area contributed by atoms with Gasteiger partial charge in [-0.2, -0.15) is 4.68 Å². The number of nitrogens with one attached hydrogen (secondary N) is 1. The first kappa shape index (κ1) is 14.6. The second-order valence-electron chi connectivity index (χ2n) is 6.43. The molecule has 0 radical (unpaired) electrons. The molecular formula is C17H18N6O. The minimum atomic E-state index is -0.263. The number of aromatic nitrogens is 4. The SMILES string of the molecule is C=C1C2=C(Nc3nnnn3[C@@H]2c2ccccc2)C(=O)N1CC(C)C. The van der Waals surface area contributed by atoms with Crippen LogP contribution in [0.5, 0.6) is 0 Å². The highest BCUT2D eigenvalue weighted by Gasteiger charge is 2.43. The molecule has 2 aromatic rings. The lowest BCUT2D eigenvalue weighted by molar-refractivity contribution is -0.124. The largest absolute Gasteiger partial charge is 0.318 e. The second-order valence-corrected chi connectivity index (χ2v) is 6.43. The molecule has 3 heterocycles. The number of carbonyl (C=O) groups excluding carboxylic acids is 1. The van der Waals surface area contributed by atoms with Crippen LogP contribution in [0.15, 0.2) is 53.9 Å². The molecule has 0 saturated carbocycles. The Labute approximate surface area is 139 Å². The Bertz CT molecular complexity index is 851. The molecule has 1 amide bonds. The van der Waals surface area contributed by atoms with Crippen LogP contribution in [-0.2, 0) is 4.79 Å². The molecule has 0 spiro atoms. The second kappa shape index (κ2) is 5.30. The van der Waals surface area contributed by atoms with Gasteiger partial charge in [-0.3, -0.25) is 4.79 Å². The summed E-state index contributed by atoms with van der Waals surface area (Å²) in [6.07, 6.45) is 0. The summed E-state index contributed by atoms with van der Waals surface area (Å²) in [7, 11) is 0. The summed E-state index contributed by atoms with van der Waals surface area (Å²) < 4.78 is 1.70. The molecule has 7 heteroatoms. The standard InChI is InChI=1S/C17H18N6O/c1-10(2)9-22-11(3)13-14(16(22)24)18-17-19-20-21-23(17)15(13)12-7-5-4-6-8-12/h4-8,10,15H,3,9H2,1-2H3,(H,18,19,21)/t15-/m1/s1. The lowest BCUT2D eigenvalue weighted by atomic mass is 9.95. The molecule has 0 aliphatic carbocycles. The van der Waals surface area contributed by atoms with E-state index in [1.165, 1.54) is 0 Å². The third-order valence-electron chi connectivity index (χ3n) is 4.28. The van der Waals surface area contributed by atoms with Crippen LogP contribution in [0, 0.1) is 5.92 Å². The Balaban J connectivity index is 1.85. The predicted molar refractivity (Wildman–Crippen MR) is 88.7 cm³/mol. The molecule has 2 aliphatic rings. The summed E-state index contributed by atoms with van der Waals surface area (Å²) >= 11 is 0. The molecule has 2 aliphatic heterocycles. The Morgan fingerprint density at radius 2 is 2.04 bits per heavy atom. The number of rotatable bonds is 3. The number of nitrogens with zero attached hydrogens (tertiary/aromatic N) is 5. The minimum Gasteiger partial charge on any atom is -0.318 e. The van der Waals surface area contributed by atoms with Gasteiger partial charge in [-0.25, -0.2) is 0 Å². The van der Waals surface area contributed by atoms with Crippen LogP contribution in [0.3, 0.4) is 0 Å². The number of fused-ring (bicyclic) bond motifs is 1. The Kier molecular flexibility index (Phi) is 3.23. The van der Waals surface area contributed by atoms with Crippen LogP contribution in [-0.4, -0.2) is 37.6 Å². The number of hydrogen-bond donors (Lipinski definition) is 1. The first-order valence-electron chi connectivity index (χ1n) is 7.93. The maximum Gasteiger partial charge on any atom is 0.275 e. The molecule has 1 aromatic heterocycles. The number of allylic oxidation sites excluding steroid dienone is 1. The highest BCUT2D eigenvalue weighted by atomic mass is 16.2. The van der Waals surface area contributed by atoms with Gasteiger partial charge in [0.2, 0.25) is 5.95 Å². The maximum atomic E-state index is 12.9. The normalized spacial score (nSPS) is 19.6. The topological polar surface area (TPSA) is 75.9 Å². The van der Waals surface area contributed by atoms with E-state index in [9.17, 15) is 4.79 Å². The molecular weight excluding hydrogens is 304 g/mol. The molecule has 1 atom stereocenters. The van der Waals surface area contributed by atoms with Gasteiger partial charge in [-0.05, 0) is 21.9 Å². The van der Waals surface area contributed by atoms with Crippen molar-refractivity contribution in [2.75, 3.05) is 11.9 Å². The van der Waals surface area contributed by atoms with Crippen molar-refractivity contribution in [1.82, 2.24) is 25.1 Å². The molecule has 0 saturated heterocycles. The van der Waals surface area contributed by atoms with Crippen molar-refractivity contribution in [2.45, 2.75) is 19.9 Å². The molecule has 24 heavy (non-hydrogen) atoms. The molecule has 7 nitrogen and oxygen atoms in total. The van der Waals surface area contributed by atoms with E-state index >= 15 is 0 Å². The third kappa shape index (κ3) is 2.05. The van der Waals surface area contributed by atoms with Crippen LogP contribution >= 0.6 is 0 Å². The summed E-state index contributed by atoms with van der Waals surface area (Å²) in [6, 6.07) is 9.64. The quantitative estimate of drug-likeness (QED) is 0.935. The van der Waals surface area contributed by atoms with E-state index in [1.54, 1.807) is 9.58 Å². The summed E-state index contributed by atoms with van der Waals surface area (Å²) in [5.41, 5.74) is 3.09. The van der Waals surface area contributed by atoms with E-state index in [0.29, 0.717) is 29.8 Å². The average Bonchev–Trinajstić information content (AvgIpc) is 3.13. The lowest BCUT2D eigenvalue weighted by Gasteiger charge is -2.26. The third-order valence-corrected chi connectivity index (χ3v) is 4.28. The Morgan fingerprint density at radius 1 is 1.29 bits per heavy atom. The van der Waals surface area contributed by atoms with Crippen LogP contribution in [0.2, 0.25) is 0 Å². The van der Waals surface area contributed by atoms with Crippen molar-refractivity contribution >= 4 is 11.9 Å². The fourth-order valence-electron chi connectivity index (χ4n) is 3.26. The van der Waals surface area contributed by atoms with Crippen molar-refractivity contribution in [1.29, 1.82) is 0 Å². The first-order chi connectivity index (χ1) is 11.6. The average molecular weight is 322 g/mol. The van der Waals surface area contributed by atoms with Gasteiger partial charge in [0.05, 0.1) is 0 Å². The number of amides is 1. The molecule has 122 valence electrons. The van der Waals surface area contributed by atoms with Gasteiger partial charge < -0.3 is 10.2 Å². The van der Waals surface area contributed by atoms with Gasteiger partial charge >= 0.3 is 0 Å². The van der Waals surface area contributed by atoms with E-state index < -0.39 is 0 Å². The smallest absolute Gasteiger partial charge is 0.275 e. The zero-order valence-electron chi connectivity index (χ0n) is 13.6. The number of anilines is 1. The highest BCUT2D eigenvalue weighted by molar-refractivity contribution is 6.03. The van der Waals surface area contributed by atoms with E-state index in [0.717, 1.165) is 11.1 Å². The van der Waals surface area contributed by atoms with E-state index in [4.69, 9.17) is 0 Å². The monoisotopic (exact) mass is 322 g/mol. The highest BCUT2D eigenvalue weighted by Crippen LogP contribution is 2.43. The van der Waals surface area contributed by atoms with Crippen LogP contribution in [0.25, 0.3) is 0 Å². The van der Waals surface area contributed by atoms with E-state index in [-0.39, 0.29) is 11.9 Å². The molecule has 0 bridgehead atoms. The predicted octanol–water partition coefficient (Wildman–Crippen LogP) is 1.95. The van der Waals surface area contributed by atoms with Crippen molar-refractivity contribution in [3.05, 3.63) is 59.4 Å². The molecule has 0 unspecified atom stereocenters. The van der Waals surface area contributed by atoms with Crippen molar-refractivity contribution in [2.24, 2.45) is 5.92 Å². The first-order valence-corrected chi connectivity index (χ1v) is 7.93. The van der Waals surface area contributed by atoms with Gasteiger partial charge in [-0.15, -0.1) is 0 Å². The van der Waals surface area contributed by atoms with Gasteiger partial charge in [0.1, 0.15) is 11.7 Å². The Morgan fingerprint density at radius 3 is 2.75 bits per heavy atom. The maximum absolute atomic E-state index is 12.9. The zero-order valence-corrected chi connectivity index (χ0v) is 13.6. The van der Waals surface area contributed by atoms with Crippen LogP contribution in [0.1, 0.15) is 25.5 Å². The van der Waals surface area contributed by atoms with Gasteiger partial charge in [-0.1, -0.05) is 55.9 Å². The van der Waals surface area contributed by atoms with Crippen LogP contribution in [0.4, 0.5) is 5.95 Å². The molecule has 4 rings (SSSR count). The summed E-state index contributed by atoms with van der Waals surface area (Å²) in [5, 5.41) is 14.9. The van der Waals surface area contributed by atoms with Gasteiger partial charge in [0, 0.05) is 17.8 Å². The number of benzene rings is 1. The minimum absolute atomic E-state index is 0.0705. The number of carbonyl (C=O) groups is 1. The van der Waals surface area contributed by atoms with Crippen LogP contribution < -0.4 is 5.32 Å². The van der Waals surface area contributed by atoms with Crippen molar-refractivity contribution < 1.29 is 4.79 Å². The molecule has 1 aromatic carbocycles. The molecule has 0 fully saturated rings. The lowest BCUT2D eigenvalue weighted by Crippen LogP contribution is -2.30. The van der Waals surface area contributed by atoms with Gasteiger partial charge in [0.25, 0.3) is 5.91 Å². The zero-order chi connectivity index (χ0) is 16.8. The Hall–Kier alpha value is -2.96. The van der Waals surface area contributed by atoms with Crippen molar-refractivity contribution in [3.8, 4) is 0 Å². The fourth-order valence-corrected chi connectivity index (χ4v) is 3.26. The fraction of sp³-hybridized carbons (Fsp3) is 0.294. The number of hydrogen-bond acceptors (Lipinski definition) is 5. The van der Waals surface area contributed by atoms with E-state index in [2.05, 4.69) is 41.3 Å². The van der Waals surface area contributed by atoms with Crippen molar-refractivity contribution in [3.63, 3.8) is 0 Å². The summed E-state index contributed by atoms with van der Waals surface area (Å²) in [6.45, 7) is 8.97. The number of tetrazole rings is 1. The summed E-state index contributed by atoms with van der Waals surface area (Å²) in [5.74, 6) is 0.744. The van der Waals surface area contributed by atoms with E-state index in [1.807, 2.05) is 30.3 Å². The van der Waals surface area contributed by atoms with Gasteiger partial charge in [0.15, 0.2) is 0 Å².